The van der Waals surface area contributed by atoms with E-state index < -0.39 is 6.04 Å². The summed E-state index contributed by atoms with van der Waals surface area (Å²) in [5, 5.41) is 7.92. The van der Waals surface area contributed by atoms with E-state index in [2.05, 4.69) is 10.6 Å². The molecule has 0 spiro atoms. The van der Waals surface area contributed by atoms with Crippen molar-refractivity contribution < 1.29 is 14.3 Å². The van der Waals surface area contributed by atoms with Crippen molar-refractivity contribution in [2.75, 3.05) is 7.11 Å². The van der Waals surface area contributed by atoms with E-state index in [1.165, 1.54) is 6.08 Å². The van der Waals surface area contributed by atoms with E-state index in [-0.39, 0.29) is 17.9 Å². The molecule has 30 heavy (non-hydrogen) atoms. The second-order valence-corrected chi connectivity index (χ2v) is 7.14. The number of fused-ring (bicyclic) bond motifs is 1. The quantitative estimate of drug-likeness (QED) is 0.581. The first-order valence-electron chi connectivity index (χ1n) is 9.88. The number of carbonyl (C=O) groups excluding carboxylic acids is 2. The lowest BCUT2D eigenvalue weighted by atomic mass is 9.99. The van der Waals surface area contributed by atoms with Gasteiger partial charge in [0.05, 0.1) is 13.2 Å². The standard InChI is InChI=1S/C25H26N2O3/c1-17(22-10-6-8-20-7-4-5-9-23(20)22)27-25(29)18(2)26-24(28)16-13-19-11-14-21(30-3)15-12-19/h4-18H,1-3H3,(H,26,28)(H,27,29)/b16-13+. The van der Waals surface area contributed by atoms with Crippen LogP contribution in [0.5, 0.6) is 5.75 Å². The Morgan fingerprint density at radius 3 is 2.33 bits per heavy atom. The molecule has 2 N–H and O–H groups in total. The Labute approximate surface area is 176 Å². The van der Waals surface area contributed by atoms with Crippen LogP contribution >= 0.6 is 0 Å². The highest BCUT2D eigenvalue weighted by molar-refractivity contribution is 5.95. The van der Waals surface area contributed by atoms with Crippen molar-refractivity contribution in [3.8, 4) is 5.75 Å². The molecule has 0 aliphatic carbocycles. The van der Waals surface area contributed by atoms with Gasteiger partial charge in [-0.15, -0.1) is 0 Å². The number of hydrogen-bond acceptors (Lipinski definition) is 3. The molecule has 0 aliphatic rings. The summed E-state index contributed by atoms with van der Waals surface area (Å²) >= 11 is 0. The van der Waals surface area contributed by atoms with E-state index in [0.717, 1.165) is 27.6 Å². The predicted molar refractivity (Wildman–Crippen MR) is 120 cm³/mol. The Morgan fingerprint density at radius 2 is 1.60 bits per heavy atom. The monoisotopic (exact) mass is 402 g/mol. The molecule has 0 aliphatic heterocycles. The minimum absolute atomic E-state index is 0.183. The van der Waals surface area contributed by atoms with Gasteiger partial charge in [0.2, 0.25) is 11.8 Å². The van der Waals surface area contributed by atoms with Crippen LogP contribution in [0.1, 0.15) is 31.0 Å². The zero-order chi connectivity index (χ0) is 21.5. The molecule has 0 heterocycles. The van der Waals surface area contributed by atoms with Gasteiger partial charge in [-0.25, -0.2) is 0 Å². The van der Waals surface area contributed by atoms with Crippen molar-refractivity contribution in [3.63, 3.8) is 0 Å². The molecule has 2 unspecified atom stereocenters. The molecule has 0 fully saturated rings. The van der Waals surface area contributed by atoms with Gasteiger partial charge in [0.1, 0.15) is 11.8 Å². The number of ether oxygens (including phenoxy) is 1. The summed E-state index contributed by atoms with van der Waals surface area (Å²) in [7, 11) is 1.60. The lowest BCUT2D eigenvalue weighted by molar-refractivity contribution is -0.127. The van der Waals surface area contributed by atoms with Gasteiger partial charge in [-0.2, -0.15) is 0 Å². The first-order chi connectivity index (χ1) is 14.5. The van der Waals surface area contributed by atoms with E-state index in [4.69, 9.17) is 4.74 Å². The molecule has 0 saturated carbocycles. The van der Waals surface area contributed by atoms with Crippen molar-refractivity contribution in [1.82, 2.24) is 10.6 Å². The Kier molecular flexibility index (Phi) is 6.86. The number of methoxy groups -OCH3 is 1. The van der Waals surface area contributed by atoms with Crippen molar-refractivity contribution in [2.45, 2.75) is 25.9 Å². The van der Waals surface area contributed by atoms with Crippen LogP contribution < -0.4 is 15.4 Å². The van der Waals surface area contributed by atoms with E-state index in [1.807, 2.05) is 73.7 Å². The molecule has 2 atom stereocenters. The van der Waals surface area contributed by atoms with Crippen LogP contribution in [-0.2, 0) is 9.59 Å². The third-order valence-corrected chi connectivity index (χ3v) is 4.94. The molecule has 154 valence electrons. The number of amides is 2. The smallest absolute Gasteiger partial charge is 0.244 e. The van der Waals surface area contributed by atoms with Gasteiger partial charge in [0.25, 0.3) is 0 Å². The Balaban J connectivity index is 1.58. The molecule has 3 rings (SSSR count). The van der Waals surface area contributed by atoms with Gasteiger partial charge in [0, 0.05) is 6.08 Å². The lowest BCUT2D eigenvalue weighted by Crippen LogP contribution is -2.45. The zero-order valence-electron chi connectivity index (χ0n) is 17.4. The first kappa shape index (κ1) is 21.1. The second kappa shape index (κ2) is 9.74. The van der Waals surface area contributed by atoms with E-state index in [0.29, 0.717) is 0 Å². The summed E-state index contributed by atoms with van der Waals surface area (Å²) in [6, 6.07) is 20.6. The minimum atomic E-state index is -0.657. The average molecular weight is 402 g/mol. The third kappa shape index (κ3) is 5.26. The Bertz CT molecular complexity index is 1050. The molecule has 0 aromatic heterocycles. The summed E-state index contributed by atoms with van der Waals surface area (Å²) < 4.78 is 5.11. The largest absolute Gasteiger partial charge is 0.497 e. The molecule has 5 nitrogen and oxygen atoms in total. The maximum atomic E-state index is 12.6. The molecule has 3 aromatic rings. The van der Waals surface area contributed by atoms with Crippen molar-refractivity contribution in [1.29, 1.82) is 0 Å². The number of carbonyl (C=O) groups is 2. The zero-order valence-corrected chi connectivity index (χ0v) is 17.4. The van der Waals surface area contributed by atoms with Crippen LogP contribution in [0.4, 0.5) is 0 Å². The highest BCUT2D eigenvalue weighted by atomic mass is 16.5. The topological polar surface area (TPSA) is 67.4 Å². The maximum Gasteiger partial charge on any atom is 0.244 e. The van der Waals surface area contributed by atoms with Crippen LogP contribution in [-0.4, -0.2) is 25.0 Å². The maximum absolute atomic E-state index is 12.6. The van der Waals surface area contributed by atoms with Crippen LogP contribution in [0.2, 0.25) is 0 Å². The second-order valence-electron chi connectivity index (χ2n) is 7.14. The average Bonchev–Trinajstić information content (AvgIpc) is 2.77. The fourth-order valence-electron chi connectivity index (χ4n) is 3.26. The van der Waals surface area contributed by atoms with E-state index in [1.54, 1.807) is 20.1 Å². The SMILES string of the molecule is COc1ccc(/C=C/C(=O)NC(C)C(=O)NC(C)c2cccc3ccccc23)cc1. The number of benzene rings is 3. The fraction of sp³-hybridized carbons (Fsp3) is 0.200. The molecule has 0 radical (unpaired) electrons. The van der Waals surface area contributed by atoms with Gasteiger partial charge >= 0.3 is 0 Å². The summed E-state index contributed by atoms with van der Waals surface area (Å²) in [6.07, 6.45) is 3.11. The van der Waals surface area contributed by atoms with E-state index >= 15 is 0 Å². The first-order valence-corrected chi connectivity index (χ1v) is 9.88. The highest BCUT2D eigenvalue weighted by Gasteiger charge is 2.18. The molecule has 5 heteroatoms. The Morgan fingerprint density at radius 1 is 0.900 bits per heavy atom. The summed E-state index contributed by atoms with van der Waals surface area (Å²) in [5.74, 6) is 0.190. The summed E-state index contributed by atoms with van der Waals surface area (Å²) in [4.78, 5) is 24.8. The molecular weight excluding hydrogens is 376 g/mol. The van der Waals surface area contributed by atoms with Crippen molar-refractivity contribution in [3.05, 3.63) is 83.9 Å². The fourth-order valence-corrected chi connectivity index (χ4v) is 3.26. The summed E-state index contributed by atoms with van der Waals surface area (Å²) in [5.41, 5.74) is 1.91. The molecule has 0 saturated heterocycles. The third-order valence-electron chi connectivity index (χ3n) is 4.94. The lowest BCUT2D eigenvalue weighted by Gasteiger charge is -2.19. The highest BCUT2D eigenvalue weighted by Crippen LogP contribution is 2.24. The van der Waals surface area contributed by atoms with E-state index in [9.17, 15) is 9.59 Å². The van der Waals surface area contributed by atoms with Crippen molar-refractivity contribution in [2.24, 2.45) is 0 Å². The molecule has 3 aromatic carbocycles. The molecule has 2 amide bonds. The van der Waals surface area contributed by atoms with Crippen LogP contribution in [0.25, 0.3) is 16.8 Å². The normalized spacial score (nSPS) is 13.0. The predicted octanol–water partition coefficient (Wildman–Crippen LogP) is 4.24. The Hall–Kier alpha value is -3.60. The van der Waals surface area contributed by atoms with Crippen LogP contribution in [0.15, 0.2) is 72.8 Å². The van der Waals surface area contributed by atoms with Gasteiger partial charge in [-0.1, -0.05) is 54.6 Å². The van der Waals surface area contributed by atoms with Gasteiger partial charge in [-0.3, -0.25) is 9.59 Å². The van der Waals surface area contributed by atoms with Gasteiger partial charge in [-0.05, 0) is 54.0 Å². The van der Waals surface area contributed by atoms with Crippen molar-refractivity contribution >= 4 is 28.7 Å². The molecule has 0 bridgehead atoms. The number of nitrogens with one attached hydrogen (secondary N) is 2. The minimum Gasteiger partial charge on any atom is -0.497 e. The van der Waals surface area contributed by atoms with Crippen LogP contribution in [0.3, 0.4) is 0 Å². The molecular formula is C25H26N2O3. The van der Waals surface area contributed by atoms with Gasteiger partial charge < -0.3 is 15.4 Å². The van der Waals surface area contributed by atoms with Gasteiger partial charge in [0.15, 0.2) is 0 Å². The summed E-state index contributed by atoms with van der Waals surface area (Å²) in [6.45, 7) is 3.61. The number of rotatable bonds is 7. The van der Waals surface area contributed by atoms with Crippen LogP contribution in [0, 0.1) is 0 Å². The number of hydrogen-bond donors (Lipinski definition) is 2.